The van der Waals surface area contributed by atoms with Crippen molar-refractivity contribution in [1.29, 1.82) is 0 Å². The number of benzene rings is 2. The van der Waals surface area contributed by atoms with E-state index in [-0.39, 0.29) is 5.91 Å². The van der Waals surface area contributed by atoms with E-state index < -0.39 is 0 Å². The first-order chi connectivity index (χ1) is 14.2. The SMILES string of the molecule is CCN(CC)Cc1ccc(CNC(=O)CCc2nc(-c3ccccc3)no2)cc1. The first-order valence-electron chi connectivity index (χ1n) is 10.1. The van der Waals surface area contributed by atoms with Gasteiger partial charge in [0.05, 0.1) is 0 Å². The Morgan fingerprint density at radius 1 is 1.00 bits per heavy atom. The van der Waals surface area contributed by atoms with Crippen LogP contribution >= 0.6 is 0 Å². The lowest BCUT2D eigenvalue weighted by Gasteiger charge is -2.18. The number of carbonyl (C=O) groups is 1. The molecule has 6 nitrogen and oxygen atoms in total. The third kappa shape index (κ3) is 6.26. The van der Waals surface area contributed by atoms with E-state index in [1.165, 1.54) is 5.56 Å². The van der Waals surface area contributed by atoms with E-state index in [1.807, 2.05) is 30.3 Å². The fourth-order valence-electron chi connectivity index (χ4n) is 3.04. The van der Waals surface area contributed by atoms with Gasteiger partial charge in [-0.15, -0.1) is 0 Å². The number of nitrogens with one attached hydrogen (secondary N) is 1. The molecule has 0 fully saturated rings. The molecule has 0 saturated carbocycles. The predicted molar refractivity (Wildman–Crippen MR) is 113 cm³/mol. The van der Waals surface area contributed by atoms with Crippen LogP contribution in [0.2, 0.25) is 0 Å². The first-order valence-corrected chi connectivity index (χ1v) is 10.1. The summed E-state index contributed by atoms with van der Waals surface area (Å²) in [5, 5.41) is 6.93. The average molecular weight is 393 g/mol. The molecule has 152 valence electrons. The molecule has 3 aromatic rings. The molecule has 3 rings (SSSR count). The van der Waals surface area contributed by atoms with Crippen LogP contribution in [0.3, 0.4) is 0 Å². The zero-order chi connectivity index (χ0) is 20.5. The Morgan fingerprint density at radius 3 is 2.38 bits per heavy atom. The molecule has 2 aromatic carbocycles. The Labute approximate surface area is 171 Å². The monoisotopic (exact) mass is 392 g/mol. The summed E-state index contributed by atoms with van der Waals surface area (Å²) < 4.78 is 5.25. The highest BCUT2D eigenvalue weighted by Crippen LogP contribution is 2.15. The van der Waals surface area contributed by atoms with E-state index in [4.69, 9.17) is 4.52 Å². The lowest BCUT2D eigenvalue weighted by Crippen LogP contribution is -2.23. The molecular weight excluding hydrogens is 364 g/mol. The van der Waals surface area contributed by atoms with Gasteiger partial charge in [-0.25, -0.2) is 0 Å². The Kier molecular flexibility index (Phi) is 7.53. The van der Waals surface area contributed by atoms with Gasteiger partial charge in [-0.2, -0.15) is 4.98 Å². The summed E-state index contributed by atoms with van der Waals surface area (Å²) in [6.45, 7) is 7.90. The van der Waals surface area contributed by atoms with Crippen LogP contribution in [0.1, 0.15) is 37.3 Å². The molecule has 1 amide bonds. The molecule has 0 bridgehead atoms. The summed E-state index contributed by atoms with van der Waals surface area (Å²) in [5.41, 5.74) is 3.27. The van der Waals surface area contributed by atoms with Gasteiger partial charge in [-0.3, -0.25) is 9.69 Å². The maximum Gasteiger partial charge on any atom is 0.227 e. The van der Waals surface area contributed by atoms with Crippen LogP contribution in [0.4, 0.5) is 0 Å². The van der Waals surface area contributed by atoms with Crippen molar-refractivity contribution in [3.63, 3.8) is 0 Å². The number of amides is 1. The number of carbonyl (C=O) groups excluding carboxylic acids is 1. The minimum atomic E-state index is -0.0309. The van der Waals surface area contributed by atoms with E-state index in [0.717, 1.165) is 30.8 Å². The normalized spacial score (nSPS) is 11.0. The first kappa shape index (κ1) is 20.7. The molecule has 0 aliphatic carbocycles. The minimum absolute atomic E-state index is 0.0309. The summed E-state index contributed by atoms with van der Waals surface area (Å²) in [7, 11) is 0. The fraction of sp³-hybridized carbons (Fsp3) is 0.348. The van der Waals surface area contributed by atoms with Gasteiger partial charge < -0.3 is 9.84 Å². The van der Waals surface area contributed by atoms with Gasteiger partial charge in [0, 0.05) is 31.5 Å². The number of nitrogens with zero attached hydrogens (tertiary/aromatic N) is 3. The molecule has 0 spiro atoms. The molecule has 0 unspecified atom stereocenters. The van der Waals surface area contributed by atoms with Crippen molar-refractivity contribution in [2.75, 3.05) is 13.1 Å². The van der Waals surface area contributed by atoms with Crippen LogP contribution in [0, 0.1) is 0 Å². The number of aryl methyl sites for hydroxylation is 1. The van der Waals surface area contributed by atoms with E-state index in [9.17, 15) is 4.79 Å². The summed E-state index contributed by atoms with van der Waals surface area (Å²) in [5.74, 6) is 0.988. The molecule has 0 atom stereocenters. The predicted octanol–water partition coefficient (Wildman–Crippen LogP) is 3.83. The fourth-order valence-corrected chi connectivity index (χ4v) is 3.04. The topological polar surface area (TPSA) is 71.3 Å². The maximum absolute atomic E-state index is 12.1. The van der Waals surface area contributed by atoms with Crippen LogP contribution in [0.25, 0.3) is 11.4 Å². The van der Waals surface area contributed by atoms with Crippen molar-refractivity contribution in [3.8, 4) is 11.4 Å². The van der Waals surface area contributed by atoms with Crippen LogP contribution in [0.5, 0.6) is 0 Å². The Hall–Kier alpha value is -2.99. The quantitative estimate of drug-likeness (QED) is 0.568. The summed E-state index contributed by atoms with van der Waals surface area (Å²) in [4.78, 5) is 18.9. The third-order valence-electron chi connectivity index (χ3n) is 4.88. The van der Waals surface area contributed by atoms with Crippen LogP contribution in [-0.2, 0) is 24.3 Å². The van der Waals surface area contributed by atoms with Gasteiger partial charge in [0.15, 0.2) is 0 Å². The number of aromatic nitrogens is 2. The number of rotatable bonds is 10. The van der Waals surface area contributed by atoms with Crippen molar-refractivity contribution in [2.24, 2.45) is 0 Å². The molecular formula is C23H28N4O2. The highest BCUT2D eigenvalue weighted by molar-refractivity contribution is 5.76. The van der Waals surface area contributed by atoms with Gasteiger partial charge in [-0.05, 0) is 24.2 Å². The molecule has 0 aliphatic heterocycles. The summed E-state index contributed by atoms with van der Waals surface area (Å²) in [6.07, 6.45) is 0.741. The van der Waals surface area contributed by atoms with Crippen molar-refractivity contribution < 1.29 is 9.32 Å². The second-order valence-corrected chi connectivity index (χ2v) is 6.93. The molecule has 0 saturated heterocycles. The largest absolute Gasteiger partial charge is 0.352 e. The van der Waals surface area contributed by atoms with E-state index >= 15 is 0 Å². The molecule has 0 radical (unpaired) electrons. The minimum Gasteiger partial charge on any atom is -0.352 e. The molecule has 1 heterocycles. The molecule has 0 aliphatic rings. The average Bonchev–Trinajstić information content (AvgIpc) is 3.25. The van der Waals surface area contributed by atoms with Gasteiger partial charge in [0.2, 0.25) is 17.6 Å². The Balaban J connectivity index is 1.43. The molecule has 6 heteroatoms. The zero-order valence-corrected chi connectivity index (χ0v) is 17.1. The number of hydrogen-bond donors (Lipinski definition) is 1. The van der Waals surface area contributed by atoms with Crippen LogP contribution in [-0.4, -0.2) is 34.0 Å². The summed E-state index contributed by atoms with van der Waals surface area (Å²) in [6, 6.07) is 18.0. The maximum atomic E-state index is 12.1. The van der Waals surface area contributed by atoms with E-state index in [2.05, 4.69) is 58.5 Å². The third-order valence-corrected chi connectivity index (χ3v) is 4.88. The highest BCUT2D eigenvalue weighted by Gasteiger charge is 2.10. The Bertz CT molecular complexity index is 887. The lowest BCUT2D eigenvalue weighted by atomic mass is 10.1. The van der Waals surface area contributed by atoms with E-state index in [1.54, 1.807) is 0 Å². The molecule has 1 aromatic heterocycles. The smallest absolute Gasteiger partial charge is 0.227 e. The molecule has 1 N–H and O–H groups in total. The van der Waals surface area contributed by atoms with Gasteiger partial charge in [-0.1, -0.05) is 73.6 Å². The zero-order valence-electron chi connectivity index (χ0n) is 17.1. The van der Waals surface area contributed by atoms with Crippen molar-refractivity contribution in [2.45, 2.75) is 39.8 Å². The second kappa shape index (κ2) is 10.5. The molecule has 29 heavy (non-hydrogen) atoms. The summed E-state index contributed by atoms with van der Waals surface area (Å²) >= 11 is 0. The number of hydrogen-bond acceptors (Lipinski definition) is 5. The van der Waals surface area contributed by atoms with Gasteiger partial charge in [0.25, 0.3) is 0 Å². The van der Waals surface area contributed by atoms with Crippen LogP contribution < -0.4 is 5.32 Å². The van der Waals surface area contributed by atoms with Crippen LogP contribution in [0.15, 0.2) is 59.1 Å². The van der Waals surface area contributed by atoms with Gasteiger partial charge in [0.1, 0.15) is 0 Å². The van der Waals surface area contributed by atoms with Gasteiger partial charge >= 0.3 is 0 Å². The lowest BCUT2D eigenvalue weighted by molar-refractivity contribution is -0.121. The van der Waals surface area contributed by atoms with Crippen molar-refractivity contribution in [3.05, 3.63) is 71.6 Å². The van der Waals surface area contributed by atoms with Crippen molar-refractivity contribution >= 4 is 5.91 Å². The standard InChI is InChI=1S/C23H28N4O2/c1-3-27(4-2)17-19-12-10-18(11-13-19)16-24-21(28)14-15-22-25-23(26-29-22)20-8-6-5-7-9-20/h5-13H,3-4,14-17H2,1-2H3,(H,24,28). The highest BCUT2D eigenvalue weighted by atomic mass is 16.5. The Morgan fingerprint density at radius 2 is 1.69 bits per heavy atom. The van der Waals surface area contributed by atoms with Crippen molar-refractivity contribution in [1.82, 2.24) is 20.4 Å². The second-order valence-electron chi connectivity index (χ2n) is 6.93. The van der Waals surface area contributed by atoms with E-state index in [0.29, 0.717) is 31.1 Å².